The standard InChI is InChI=1S/C7H12N4OS2/c8-10-7(13)9-2-4-14-5-6-1-3-12-11-6/h1,3H,2,4-5,8H2,(H2,9,10,13). The molecule has 0 aliphatic carbocycles. The van der Waals surface area contributed by atoms with Crippen molar-refractivity contribution in [1.29, 1.82) is 0 Å². The number of nitrogens with two attached hydrogens (primary N) is 1. The fourth-order valence-electron chi connectivity index (χ4n) is 0.776. The normalized spacial score (nSPS) is 9.79. The molecule has 0 saturated carbocycles. The lowest BCUT2D eigenvalue weighted by Crippen LogP contribution is -2.40. The van der Waals surface area contributed by atoms with Crippen molar-refractivity contribution < 1.29 is 4.52 Å². The molecule has 0 radical (unpaired) electrons. The van der Waals surface area contributed by atoms with Crippen molar-refractivity contribution in [3.05, 3.63) is 18.0 Å². The first-order chi connectivity index (χ1) is 6.83. The van der Waals surface area contributed by atoms with Crippen molar-refractivity contribution >= 4 is 29.1 Å². The van der Waals surface area contributed by atoms with E-state index < -0.39 is 0 Å². The van der Waals surface area contributed by atoms with Crippen LogP contribution in [0.15, 0.2) is 16.9 Å². The van der Waals surface area contributed by atoms with Gasteiger partial charge in [0, 0.05) is 24.1 Å². The van der Waals surface area contributed by atoms with Crippen LogP contribution in [0.3, 0.4) is 0 Å². The number of hydrazine groups is 1. The molecule has 0 amide bonds. The monoisotopic (exact) mass is 232 g/mol. The Morgan fingerprint density at radius 2 is 2.57 bits per heavy atom. The number of hydrogen-bond acceptors (Lipinski definition) is 5. The number of aromatic nitrogens is 1. The Morgan fingerprint density at radius 1 is 1.71 bits per heavy atom. The van der Waals surface area contributed by atoms with E-state index in [9.17, 15) is 0 Å². The Kier molecular flexibility index (Phi) is 5.35. The molecule has 0 bridgehead atoms. The number of rotatable bonds is 5. The van der Waals surface area contributed by atoms with Gasteiger partial charge < -0.3 is 15.3 Å². The van der Waals surface area contributed by atoms with Gasteiger partial charge in [-0.15, -0.1) is 0 Å². The first-order valence-corrected chi connectivity index (χ1v) is 5.60. The van der Waals surface area contributed by atoms with Crippen molar-refractivity contribution in [2.75, 3.05) is 12.3 Å². The maximum absolute atomic E-state index is 5.08. The van der Waals surface area contributed by atoms with Gasteiger partial charge in [-0.3, -0.25) is 0 Å². The Labute approximate surface area is 91.7 Å². The highest BCUT2D eigenvalue weighted by atomic mass is 32.2. The lowest BCUT2D eigenvalue weighted by atomic mass is 10.5. The van der Waals surface area contributed by atoms with Gasteiger partial charge in [-0.05, 0) is 12.2 Å². The highest BCUT2D eigenvalue weighted by Gasteiger charge is 1.96. The lowest BCUT2D eigenvalue weighted by Gasteiger charge is -2.05. The summed E-state index contributed by atoms with van der Waals surface area (Å²) in [7, 11) is 0. The molecule has 0 fully saturated rings. The molecule has 1 heterocycles. The van der Waals surface area contributed by atoms with Crippen LogP contribution in [0.25, 0.3) is 0 Å². The van der Waals surface area contributed by atoms with Crippen LogP contribution in [0.1, 0.15) is 5.69 Å². The summed E-state index contributed by atoms with van der Waals surface area (Å²) < 4.78 is 4.70. The summed E-state index contributed by atoms with van der Waals surface area (Å²) >= 11 is 6.55. The lowest BCUT2D eigenvalue weighted by molar-refractivity contribution is 0.414. The van der Waals surface area contributed by atoms with Gasteiger partial charge in [0.2, 0.25) is 0 Å². The van der Waals surface area contributed by atoms with Crippen LogP contribution in [0.5, 0.6) is 0 Å². The van der Waals surface area contributed by atoms with Crippen molar-refractivity contribution in [2.24, 2.45) is 5.84 Å². The van der Waals surface area contributed by atoms with Gasteiger partial charge in [0.1, 0.15) is 6.26 Å². The topological polar surface area (TPSA) is 76.1 Å². The Hall–Kier alpha value is -0.790. The summed E-state index contributed by atoms with van der Waals surface area (Å²) in [6, 6.07) is 1.85. The summed E-state index contributed by atoms with van der Waals surface area (Å²) in [5.41, 5.74) is 3.31. The number of thiocarbonyl (C=S) groups is 1. The Bertz CT molecular complexity index is 265. The first kappa shape index (κ1) is 11.3. The highest BCUT2D eigenvalue weighted by molar-refractivity contribution is 7.98. The minimum absolute atomic E-state index is 0.465. The van der Waals surface area contributed by atoms with Crippen LogP contribution in [-0.2, 0) is 5.75 Å². The fourth-order valence-corrected chi connectivity index (χ4v) is 1.63. The van der Waals surface area contributed by atoms with Crippen LogP contribution in [0, 0.1) is 0 Å². The van der Waals surface area contributed by atoms with Crippen LogP contribution >= 0.6 is 24.0 Å². The molecule has 0 saturated heterocycles. The summed E-state index contributed by atoms with van der Waals surface area (Å²) in [6.45, 7) is 0.783. The number of nitrogens with one attached hydrogen (secondary N) is 2. The quantitative estimate of drug-likeness (QED) is 0.291. The summed E-state index contributed by atoms with van der Waals surface area (Å²) in [4.78, 5) is 0. The molecule has 0 unspecified atom stereocenters. The Balaban J connectivity index is 1.97. The molecule has 4 N–H and O–H groups in total. The molecule has 0 spiro atoms. The second-order valence-electron chi connectivity index (χ2n) is 2.44. The van der Waals surface area contributed by atoms with Gasteiger partial charge in [-0.2, -0.15) is 11.8 Å². The van der Waals surface area contributed by atoms with Gasteiger partial charge in [0.25, 0.3) is 0 Å². The average molecular weight is 232 g/mol. The molecule has 1 rings (SSSR count). The van der Waals surface area contributed by atoms with Gasteiger partial charge in [0.15, 0.2) is 5.11 Å². The third-order valence-corrected chi connectivity index (χ3v) is 2.66. The van der Waals surface area contributed by atoms with Crippen molar-refractivity contribution in [1.82, 2.24) is 15.9 Å². The van der Waals surface area contributed by atoms with E-state index in [4.69, 9.17) is 22.6 Å². The van der Waals surface area contributed by atoms with Gasteiger partial charge >= 0.3 is 0 Å². The fraction of sp³-hybridized carbons (Fsp3) is 0.429. The van der Waals surface area contributed by atoms with Gasteiger partial charge in [-0.25, -0.2) is 5.84 Å². The minimum Gasteiger partial charge on any atom is -0.364 e. The number of thioether (sulfide) groups is 1. The van der Waals surface area contributed by atoms with Crippen LogP contribution in [0.2, 0.25) is 0 Å². The second-order valence-corrected chi connectivity index (χ2v) is 3.96. The summed E-state index contributed by atoms with van der Waals surface area (Å²) in [6.07, 6.45) is 1.57. The third kappa shape index (κ3) is 4.45. The van der Waals surface area contributed by atoms with Crippen LogP contribution in [0.4, 0.5) is 0 Å². The maximum Gasteiger partial charge on any atom is 0.180 e. The predicted octanol–water partition coefficient (Wildman–Crippen LogP) is 0.246. The van der Waals surface area contributed by atoms with Crippen molar-refractivity contribution in [3.8, 4) is 0 Å². The SMILES string of the molecule is NNC(=S)NCCSCc1ccon1. The van der Waals surface area contributed by atoms with E-state index in [0.717, 1.165) is 23.7 Å². The zero-order chi connectivity index (χ0) is 10.2. The predicted molar refractivity (Wildman–Crippen MR) is 60.6 cm³/mol. The van der Waals surface area contributed by atoms with Crippen LogP contribution < -0.4 is 16.6 Å². The van der Waals surface area contributed by atoms with Crippen LogP contribution in [-0.4, -0.2) is 22.6 Å². The second kappa shape index (κ2) is 6.63. The van der Waals surface area contributed by atoms with E-state index in [-0.39, 0.29) is 0 Å². The van der Waals surface area contributed by atoms with Gasteiger partial charge in [-0.1, -0.05) is 5.16 Å². The molecule has 0 atom stereocenters. The van der Waals surface area contributed by atoms with Crippen molar-refractivity contribution in [2.45, 2.75) is 5.75 Å². The molecule has 0 aliphatic rings. The molecule has 0 aliphatic heterocycles. The van der Waals surface area contributed by atoms with E-state index in [1.807, 2.05) is 6.07 Å². The van der Waals surface area contributed by atoms with E-state index in [1.54, 1.807) is 18.0 Å². The number of nitrogens with zero attached hydrogens (tertiary/aromatic N) is 1. The van der Waals surface area contributed by atoms with Crippen molar-refractivity contribution in [3.63, 3.8) is 0 Å². The first-order valence-electron chi connectivity index (χ1n) is 4.04. The minimum atomic E-state index is 0.465. The average Bonchev–Trinajstić information content (AvgIpc) is 2.69. The maximum atomic E-state index is 5.08. The zero-order valence-electron chi connectivity index (χ0n) is 7.53. The van der Waals surface area contributed by atoms with E-state index >= 15 is 0 Å². The molecule has 78 valence electrons. The Morgan fingerprint density at radius 3 is 3.21 bits per heavy atom. The molecule has 5 nitrogen and oxygen atoms in total. The number of hydrogen-bond donors (Lipinski definition) is 3. The summed E-state index contributed by atoms with van der Waals surface area (Å²) in [5, 5.41) is 7.20. The molecule has 1 aromatic rings. The summed E-state index contributed by atoms with van der Waals surface area (Å²) in [5.74, 6) is 6.87. The van der Waals surface area contributed by atoms with E-state index in [1.165, 1.54) is 0 Å². The highest BCUT2D eigenvalue weighted by Crippen LogP contribution is 2.08. The van der Waals surface area contributed by atoms with Gasteiger partial charge in [0.05, 0.1) is 5.69 Å². The molecule has 14 heavy (non-hydrogen) atoms. The molecular weight excluding hydrogens is 220 g/mol. The van der Waals surface area contributed by atoms with E-state index in [0.29, 0.717) is 5.11 Å². The third-order valence-electron chi connectivity index (χ3n) is 1.40. The zero-order valence-corrected chi connectivity index (χ0v) is 9.16. The molecular formula is C7H12N4OS2. The smallest absolute Gasteiger partial charge is 0.180 e. The largest absolute Gasteiger partial charge is 0.364 e. The molecule has 0 aromatic carbocycles. The molecule has 7 heteroatoms. The molecule has 1 aromatic heterocycles. The van der Waals surface area contributed by atoms with E-state index in [2.05, 4.69) is 15.9 Å².